The van der Waals surface area contributed by atoms with Gasteiger partial charge in [-0.05, 0) is 64.2 Å². The molecule has 186 valence electrons. The minimum atomic E-state index is -0.565. The Kier molecular flexibility index (Phi) is 9.69. The maximum absolute atomic E-state index is 13.5. The summed E-state index contributed by atoms with van der Waals surface area (Å²) < 4.78 is 5.82. The molecule has 34 heavy (non-hydrogen) atoms. The highest BCUT2D eigenvalue weighted by molar-refractivity contribution is 5.86. The summed E-state index contributed by atoms with van der Waals surface area (Å²) in [6.07, 6.45) is 6.88. The van der Waals surface area contributed by atoms with E-state index in [1.54, 1.807) is 11.9 Å². The summed E-state index contributed by atoms with van der Waals surface area (Å²) in [4.78, 5) is 42.6. The van der Waals surface area contributed by atoms with E-state index >= 15 is 0 Å². The molecule has 0 aromatic heterocycles. The number of likely N-dealkylation sites (tertiary alicyclic amines) is 1. The van der Waals surface area contributed by atoms with Gasteiger partial charge >= 0.3 is 5.97 Å². The monoisotopic (exact) mass is 469 g/mol. The number of nitrogens with one attached hydrogen (secondary N) is 1. The molecular formula is C27H39N3O4. The lowest BCUT2D eigenvalue weighted by atomic mass is 9.95. The number of rotatable bonds is 5. The van der Waals surface area contributed by atoms with Gasteiger partial charge in [-0.2, -0.15) is 0 Å². The number of ether oxygens (including phenoxy) is 1. The van der Waals surface area contributed by atoms with Gasteiger partial charge in [-0.25, -0.2) is 0 Å². The minimum Gasteiger partial charge on any atom is -0.455 e. The number of hydrogen-bond acceptors (Lipinski definition) is 5. The Balaban J connectivity index is 1.68. The number of nitrogens with zero attached hydrogens (tertiary/aromatic N) is 2. The first-order valence-corrected chi connectivity index (χ1v) is 12.5. The molecule has 1 aromatic rings. The third kappa shape index (κ3) is 7.42. The lowest BCUT2D eigenvalue weighted by molar-refractivity contribution is -0.156. The van der Waals surface area contributed by atoms with Crippen LogP contribution in [-0.4, -0.2) is 67.4 Å². The van der Waals surface area contributed by atoms with Gasteiger partial charge < -0.3 is 19.9 Å². The van der Waals surface area contributed by atoms with E-state index in [0.717, 1.165) is 31.5 Å². The van der Waals surface area contributed by atoms with E-state index in [0.29, 0.717) is 25.3 Å². The second-order valence-electron chi connectivity index (χ2n) is 9.71. The average Bonchev–Trinajstić information content (AvgIpc) is 2.84. The average molecular weight is 470 g/mol. The van der Waals surface area contributed by atoms with E-state index in [9.17, 15) is 14.4 Å². The minimum absolute atomic E-state index is 0.0788. The van der Waals surface area contributed by atoms with Crippen molar-refractivity contribution in [2.45, 2.75) is 57.6 Å². The quantitative estimate of drug-likeness (QED) is 0.529. The fourth-order valence-corrected chi connectivity index (χ4v) is 4.65. The molecule has 1 fully saturated rings. The van der Waals surface area contributed by atoms with Crippen LogP contribution in [0.2, 0.25) is 0 Å². The summed E-state index contributed by atoms with van der Waals surface area (Å²) >= 11 is 0. The third-order valence-electron chi connectivity index (χ3n) is 7.09. The van der Waals surface area contributed by atoms with Gasteiger partial charge in [0.1, 0.15) is 6.10 Å². The smallest absolute Gasteiger partial charge is 0.306 e. The molecule has 0 saturated carbocycles. The van der Waals surface area contributed by atoms with Crippen molar-refractivity contribution in [2.24, 2.45) is 11.8 Å². The van der Waals surface area contributed by atoms with E-state index in [1.165, 1.54) is 0 Å². The fourth-order valence-electron chi connectivity index (χ4n) is 4.65. The Labute approximate surface area is 203 Å². The second-order valence-corrected chi connectivity index (χ2v) is 9.71. The molecule has 2 aliphatic rings. The molecule has 0 aliphatic carbocycles. The van der Waals surface area contributed by atoms with Crippen LogP contribution in [0.4, 0.5) is 0 Å². The number of piperidine rings is 1. The number of likely N-dealkylation sites (N-methyl/N-ethyl adjacent to an activating group) is 1. The molecule has 1 aromatic carbocycles. The molecular weight excluding hydrogens is 430 g/mol. The highest BCUT2D eigenvalue weighted by atomic mass is 16.5. The van der Waals surface area contributed by atoms with Crippen molar-refractivity contribution in [3.05, 3.63) is 48.0 Å². The van der Waals surface area contributed by atoms with Crippen LogP contribution in [0, 0.1) is 11.8 Å². The summed E-state index contributed by atoms with van der Waals surface area (Å²) in [6, 6.07) is 9.15. The largest absolute Gasteiger partial charge is 0.455 e. The van der Waals surface area contributed by atoms with E-state index in [1.807, 2.05) is 49.4 Å². The van der Waals surface area contributed by atoms with Crippen molar-refractivity contribution in [3.8, 4) is 0 Å². The zero-order chi connectivity index (χ0) is 24.5. The normalized spacial score (nSPS) is 26.8. The Morgan fingerprint density at radius 2 is 1.79 bits per heavy atom. The van der Waals surface area contributed by atoms with E-state index in [4.69, 9.17) is 4.74 Å². The van der Waals surface area contributed by atoms with Crippen LogP contribution in [0.5, 0.6) is 0 Å². The van der Waals surface area contributed by atoms with Gasteiger partial charge in [0.15, 0.2) is 0 Å². The number of benzene rings is 1. The number of allylic oxidation sites excluding steroid dienone is 2. The van der Waals surface area contributed by atoms with Crippen LogP contribution >= 0.6 is 0 Å². The predicted octanol–water partition coefficient (Wildman–Crippen LogP) is 3.32. The number of amides is 2. The van der Waals surface area contributed by atoms with Crippen molar-refractivity contribution in [3.63, 3.8) is 0 Å². The number of cyclic esters (lactones) is 1. The molecule has 2 aliphatic heterocycles. The van der Waals surface area contributed by atoms with Gasteiger partial charge in [0.25, 0.3) is 0 Å². The zero-order valence-corrected chi connectivity index (χ0v) is 20.7. The Bertz CT molecular complexity index is 849. The molecule has 1 N–H and O–H groups in total. The summed E-state index contributed by atoms with van der Waals surface area (Å²) in [5.74, 6) is -0.422. The summed E-state index contributed by atoms with van der Waals surface area (Å²) in [5, 5.41) is 3.07. The Hall–Kier alpha value is -2.67. The first-order chi connectivity index (χ1) is 16.3. The van der Waals surface area contributed by atoms with Crippen LogP contribution < -0.4 is 5.32 Å². The molecule has 0 radical (unpaired) electrons. The molecule has 7 nitrogen and oxygen atoms in total. The molecule has 3 rings (SSSR count). The highest BCUT2D eigenvalue weighted by Crippen LogP contribution is 2.28. The van der Waals surface area contributed by atoms with Crippen molar-refractivity contribution >= 4 is 17.8 Å². The van der Waals surface area contributed by atoms with E-state index in [2.05, 4.69) is 17.3 Å². The zero-order valence-electron chi connectivity index (χ0n) is 20.7. The van der Waals surface area contributed by atoms with Crippen molar-refractivity contribution < 1.29 is 19.1 Å². The van der Waals surface area contributed by atoms with Gasteiger partial charge in [-0.3, -0.25) is 14.4 Å². The first-order valence-electron chi connectivity index (χ1n) is 12.5. The fraction of sp³-hybridized carbons (Fsp3) is 0.593. The molecule has 3 atom stereocenters. The molecule has 2 amide bonds. The maximum atomic E-state index is 13.5. The summed E-state index contributed by atoms with van der Waals surface area (Å²) in [7, 11) is 3.86. The van der Waals surface area contributed by atoms with E-state index < -0.39 is 12.0 Å². The predicted molar refractivity (Wildman–Crippen MR) is 132 cm³/mol. The molecule has 0 spiro atoms. The maximum Gasteiger partial charge on any atom is 0.306 e. The van der Waals surface area contributed by atoms with E-state index in [-0.39, 0.29) is 36.7 Å². The summed E-state index contributed by atoms with van der Waals surface area (Å²) in [5.41, 5.74) is 0.850. The van der Waals surface area contributed by atoms with Crippen molar-refractivity contribution in [1.29, 1.82) is 0 Å². The molecule has 7 heteroatoms. The Morgan fingerprint density at radius 3 is 2.50 bits per heavy atom. The second kappa shape index (κ2) is 12.7. The number of esters is 1. The number of hydrogen-bond donors (Lipinski definition) is 1. The van der Waals surface area contributed by atoms with Gasteiger partial charge in [-0.1, -0.05) is 42.5 Å². The van der Waals surface area contributed by atoms with Crippen LogP contribution in [-0.2, 0) is 19.1 Å². The van der Waals surface area contributed by atoms with Crippen LogP contribution in [0.25, 0.3) is 0 Å². The summed E-state index contributed by atoms with van der Waals surface area (Å²) in [6.45, 7) is 4.67. The van der Waals surface area contributed by atoms with Crippen LogP contribution in [0.15, 0.2) is 42.5 Å². The van der Waals surface area contributed by atoms with Crippen LogP contribution in [0.3, 0.4) is 0 Å². The standard InChI is InChI=1S/C27H39N3O4/c1-20-26(22-10-6-4-7-11-22)34-25(32)13-9-5-8-12-23(27(33)30(20)3)18-24(31)28-19-21-14-16-29(2)17-15-21/h4-8,10-11,20-21,23,26H,9,12-19H2,1-3H3,(H,28,31)/b8-5-/t20-,23-,26-/m0/s1. The molecule has 0 unspecified atom stereocenters. The first kappa shape index (κ1) is 25.9. The SMILES string of the molecule is C[C@H]1[C@@H](c2ccccc2)OC(=O)CC/C=C\C[C@@H](CC(=O)NCC2CCN(C)CC2)C(=O)N1C. The number of carbonyl (C=O) groups excluding carboxylic acids is 3. The number of carbonyl (C=O) groups is 3. The van der Waals surface area contributed by atoms with Crippen LogP contribution in [0.1, 0.15) is 57.1 Å². The van der Waals surface area contributed by atoms with Gasteiger partial charge in [0.2, 0.25) is 11.8 Å². The van der Waals surface area contributed by atoms with Crippen molar-refractivity contribution in [1.82, 2.24) is 15.1 Å². The van der Waals surface area contributed by atoms with Gasteiger partial charge in [0.05, 0.1) is 12.0 Å². The molecule has 2 heterocycles. The lowest BCUT2D eigenvalue weighted by Crippen LogP contribution is -2.44. The Morgan fingerprint density at radius 1 is 1.09 bits per heavy atom. The molecule has 0 bridgehead atoms. The third-order valence-corrected chi connectivity index (χ3v) is 7.09. The topological polar surface area (TPSA) is 79.0 Å². The van der Waals surface area contributed by atoms with Crippen molar-refractivity contribution in [2.75, 3.05) is 33.7 Å². The highest BCUT2D eigenvalue weighted by Gasteiger charge is 2.33. The lowest BCUT2D eigenvalue weighted by Gasteiger charge is -2.34. The van der Waals surface area contributed by atoms with Gasteiger partial charge in [0, 0.05) is 26.4 Å². The van der Waals surface area contributed by atoms with Gasteiger partial charge in [-0.15, -0.1) is 0 Å². The molecule has 1 saturated heterocycles.